The Morgan fingerprint density at radius 3 is 1.59 bits per heavy atom. The van der Waals surface area contributed by atoms with E-state index in [-0.39, 0.29) is 22.2 Å². The number of hydrogen-bond acceptors (Lipinski definition) is 2. The first kappa shape index (κ1) is 22.9. The van der Waals surface area contributed by atoms with E-state index in [0.29, 0.717) is 0 Å². The Balaban J connectivity index is 1.62. The van der Waals surface area contributed by atoms with Crippen LogP contribution in [0.1, 0.15) is 56.5 Å². The highest BCUT2D eigenvalue weighted by molar-refractivity contribution is 7.84. The Morgan fingerprint density at radius 1 is 0.781 bits per heavy atom. The summed E-state index contributed by atoms with van der Waals surface area (Å²) < 4.78 is 16.3. The summed E-state index contributed by atoms with van der Waals surface area (Å²) in [6.07, 6.45) is 0. The lowest BCUT2D eigenvalue weighted by Crippen LogP contribution is -2.61. The number of likely N-dealkylation sites (tertiary alicyclic amines) is 1. The molecule has 0 aliphatic carbocycles. The van der Waals surface area contributed by atoms with Crippen LogP contribution in [0, 0.1) is 5.41 Å². The molecule has 0 amide bonds. The van der Waals surface area contributed by atoms with Crippen molar-refractivity contribution in [2.45, 2.75) is 44.5 Å². The van der Waals surface area contributed by atoms with Gasteiger partial charge in [-0.2, -0.15) is 0 Å². The van der Waals surface area contributed by atoms with Gasteiger partial charge < -0.3 is 0 Å². The number of nitrogens with one attached hydrogen (secondary N) is 1. The van der Waals surface area contributed by atoms with Crippen molar-refractivity contribution >= 4 is 11.0 Å². The second-order valence-electron chi connectivity index (χ2n) is 10.1. The van der Waals surface area contributed by atoms with Gasteiger partial charge in [0.1, 0.15) is 0 Å². The third-order valence-corrected chi connectivity index (χ3v) is 7.90. The minimum atomic E-state index is -1.14. The molecule has 4 heteroatoms. The number of rotatable bonds is 7. The van der Waals surface area contributed by atoms with E-state index in [2.05, 4.69) is 101 Å². The third-order valence-electron chi connectivity index (χ3n) is 6.34. The van der Waals surface area contributed by atoms with Crippen molar-refractivity contribution in [1.82, 2.24) is 9.62 Å². The summed E-state index contributed by atoms with van der Waals surface area (Å²) in [5.74, 6) is 0. The molecule has 0 unspecified atom stereocenters. The molecule has 1 aliphatic rings. The predicted molar refractivity (Wildman–Crippen MR) is 135 cm³/mol. The van der Waals surface area contributed by atoms with E-state index in [0.717, 1.165) is 13.1 Å². The molecule has 4 rings (SSSR count). The summed E-state index contributed by atoms with van der Waals surface area (Å²) in [4.78, 5) is 2.54. The highest BCUT2D eigenvalue weighted by Gasteiger charge is 2.49. The quantitative estimate of drug-likeness (QED) is 0.491. The molecule has 0 spiro atoms. The number of nitrogens with zero attached hydrogens (tertiary/aromatic N) is 1. The maximum absolute atomic E-state index is 13.1. The van der Waals surface area contributed by atoms with Crippen molar-refractivity contribution in [3.63, 3.8) is 0 Å². The van der Waals surface area contributed by atoms with Gasteiger partial charge in [0.15, 0.2) is 0 Å². The Bertz CT molecular complexity index is 986. The van der Waals surface area contributed by atoms with Crippen LogP contribution in [0.5, 0.6) is 0 Å². The minimum absolute atomic E-state index is 0.0206. The van der Waals surface area contributed by atoms with Crippen LogP contribution in [-0.4, -0.2) is 26.9 Å². The molecule has 32 heavy (non-hydrogen) atoms. The van der Waals surface area contributed by atoms with Crippen LogP contribution < -0.4 is 4.72 Å². The van der Waals surface area contributed by atoms with Crippen molar-refractivity contribution in [3.8, 4) is 0 Å². The van der Waals surface area contributed by atoms with Gasteiger partial charge in [0.25, 0.3) is 0 Å². The van der Waals surface area contributed by atoms with Crippen molar-refractivity contribution in [2.75, 3.05) is 13.1 Å². The average Bonchev–Trinajstić information content (AvgIpc) is 2.77. The van der Waals surface area contributed by atoms with Crippen LogP contribution in [0.2, 0.25) is 0 Å². The van der Waals surface area contributed by atoms with E-state index in [4.69, 9.17) is 0 Å². The zero-order valence-corrected chi connectivity index (χ0v) is 20.3. The zero-order valence-electron chi connectivity index (χ0n) is 19.5. The Labute approximate surface area is 195 Å². The summed E-state index contributed by atoms with van der Waals surface area (Å²) in [6, 6.07) is 32.2. The van der Waals surface area contributed by atoms with E-state index in [1.807, 2.05) is 26.8 Å². The molecule has 1 aliphatic heterocycles. The molecule has 2 atom stereocenters. The molecular weight excluding hydrogens is 412 g/mol. The molecule has 3 aromatic carbocycles. The molecule has 1 saturated heterocycles. The molecule has 1 N–H and O–H groups in total. The summed E-state index contributed by atoms with van der Waals surface area (Å²) in [5.41, 5.74) is 3.79. The largest absolute Gasteiger partial charge is 0.291 e. The highest BCUT2D eigenvalue weighted by atomic mass is 32.2. The number of benzene rings is 3. The molecule has 0 aromatic heterocycles. The average molecular weight is 447 g/mol. The van der Waals surface area contributed by atoms with Gasteiger partial charge in [0, 0.05) is 18.5 Å². The Morgan fingerprint density at radius 2 is 1.19 bits per heavy atom. The van der Waals surface area contributed by atoms with E-state index in [1.165, 1.54) is 16.7 Å². The first-order valence-electron chi connectivity index (χ1n) is 11.3. The lowest BCUT2D eigenvalue weighted by atomic mass is 9.71. The molecule has 0 bridgehead atoms. The second kappa shape index (κ2) is 9.30. The van der Waals surface area contributed by atoms with Gasteiger partial charge in [-0.15, -0.1) is 0 Å². The van der Waals surface area contributed by atoms with Gasteiger partial charge in [-0.3, -0.25) is 4.90 Å². The van der Waals surface area contributed by atoms with Gasteiger partial charge in [-0.25, -0.2) is 8.93 Å². The molecule has 1 fully saturated rings. The predicted octanol–water partition coefficient (Wildman–Crippen LogP) is 5.89. The fourth-order valence-electron chi connectivity index (χ4n) is 4.67. The van der Waals surface area contributed by atoms with E-state index in [1.54, 1.807) is 0 Å². The highest BCUT2D eigenvalue weighted by Crippen LogP contribution is 2.47. The normalized spacial score (nSPS) is 18.2. The SMILES string of the molecule is CC1([C@@H](N[S@](=O)C(C)(C)C)c2ccccc2)CN(C(c2ccccc2)c2ccccc2)C1. The third kappa shape index (κ3) is 4.88. The molecule has 168 valence electrons. The Kier molecular flexibility index (Phi) is 6.66. The Hall–Kier alpha value is -2.27. The first-order valence-corrected chi connectivity index (χ1v) is 12.5. The molecular formula is C28H34N2OS. The smallest absolute Gasteiger partial charge is 0.0976 e. The van der Waals surface area contributed by atoms with Crippen LogP contribution >= 0.6 is 0 Å². The number of hydrogen-bond donors (Lipinski definition) is 1. The standard InChI is InChI=1S/C28H34N2OS/c1-27(2,3)32(31)29-26(24-18-12-7-13-19-24)28(4)20-30(21-28)25(22-14-8-5-9-15-22)23-16-10-6-11-17-23/h5-19,25-26,29H,20-21H2,1-4H3/t26-,32+/m0/s1. The van der Waals surface area contributed by atoms with Crippen molar-refractivity contribution in [3.05, 3.63) is 108 Å². The molecule has 1 heterocycles. The van der Waals surface area contributed by atoms with Crippen LogP contribution in [0.25, 0.3) is 0 Å². The minimum Gasteiger partial charge on any atom is -0.291 e. The topological polar surface area (TPSA) is 32.3 Å². The lowest BCUT2D eigenvalue weighted by Gasteiger charge is -2.55. The van der Waals surface area contributed by atoms with Crippen LogP contribution in [0.4, 0.5) is 0 Å². The lowest BCUT2D eigenvalue weighted by molar-refractivity contribution is -0.0306. The molecule has 3 nitrogen and oxygen atoms in total. The summed E-state index contributed by atoms with van der Waals surface area (Å²) in [6.45, 7) is 10.2. The van der Waals surface area contributed by atoms with Crippen molar-refractivity contribution in [1.29, 1.82) is 0 Å². The maximum atomic E-state index is 13.1. The zero-order chi connectivity index (χ0) is 22.8. The van der Waals surface area contributed by atoms with Crippen LogP contribution in [-0.2, 0) is 11.0 Å². The molecule has 0 saturated carbocycles. The summed E-state index contributed by atoms with van der Waals surface area (Å²) in [7, 11) is -1.14. The molecule has 3 aromatic rings. The first-order chi connectivity index (χ1) is 15.3. The van der Waals surface area contributed by atoms with Crippen molar-refractivity contribution in [2.24, 2.45) is 5.41 Å². The van der Waals surface area contributed by atoms with Gasteiger partial charge in [-0.1, -0.05) is 97.9 Å². The fourth-order valence-corrected chi connectivity index (χ4v) is 5.66. The summed E-state index contributed by atoms with van der Waals surface area (Å²) in [5, 5.41) is 0. The van der Waals surface area contributed by atoms with Gasteiger partial charge in [-0.05, 0) is 37.5 Å². The second-order valence-corrected chi connectivity index (χ2v) is 12.1. The van der Waals surface area contributed by atoms with Crippen LogP contribution in [0.3, 0.4) is 0 Å². The van der Waals surface area contributed by atoms with Gasteiger partial charge >= 0.3 is 0 Å². The fraction of sp³-hybridized carbons (Fsp3) is 0.357. The van der Waals surface area contributed by atoms with E-state index in [9.17, 15) is 4.21 Å². The summed E-state index contributed by atoms with van der Waals surface area (Å²) >= 11 is 0. The maximum Gasteiger partial charge on any atom is 0.0976 e. The van der Waals surface area contributed by atoms with E-state index < -0.39 is 11.0 Å². The van der Waals surface area contributed by atoms with Crippen LogP contribution in [0.15, 0.2) is 91.0 Å². The van der Waals surface area contributed by atoms with Gasteiger partial charge in [0.2, 0.25) is 0 Å². The van der Waals surface area contributed by atoms with Crippen molar-refractivity contribution < 1.29 is 4.21 Å². The monoisotopic (exact) mass is 446 g/mol. The van der Waals surface area contributed by atoms with Gasteiger partial charge in [0.05, 0.1) is 27.8 Å². The van der Waals surface area contributed by atoms with E-state index >= 15 is 0 Å². The molecule has 0 radical (unpaired) electrons.